The van der Waals surface area contributed by atoms with E-state index >= 15 is 0 Å². The predicted molar refractivity (Wildman–Crippen MR) is 175 cm³/mol. The van der Waals surface area contributed by atoms with Gasteiger partial charge < -0.3 is 34.7 Å². The van der Waals surface area contributed by atoms with Crippen molar-refractivity contribution in [2.75, 3.05) is 26.5 Å². The maximum absolute atomic E-state index is 14.2. The molecule has 10 unspecified atom stereocenters. The summed E-state index contributed by atoms with van der Waals surface area (Å²) in [4.78, 5) is 46.8. The number of allylic oxidation sites excluding steroid dienone is 1. The van der Waals surface area contributed by atoms with Gasteiger partial charge in [0.1, 0.15) is 36.6 Å². The Morgan fingerprint density at radius 2 is 1.88 bits per heavy atom. The van der Waals surface area contributed by atoms with E-state index < -0.39 is 41.8 Å². The van der Waals surface area contributed by atoms with Crippen molar-refractivity contribution in [1.82, 2.24) is 15.7 Å². The Labute approximate surface area is 287 Å². The van der Waals surface area contributed by atoms with Crippen molar-refractivity contribution in [3.63, 3.8) is 0 Å². The van der Waals surface area contributed by atoms with Crippen molar-refractivity contribution in [1.29, 1.82) is 0 Å². The molecule has 3 aliphatic carbocycles. The van der Waals surface area contributed by atoms with E-state index in [4.69, 9.17) is 28.9 Å². The van der Waals surface area contributed by atoms with Crippen molar-refractivity contribution in [3.05, 3.63) is 41.0 Å². The topological polar surface area (TPSA) is 148 Å². The molecule has 0 aromatic heterocycles. The average molecular weight is 680 g/mol. The van der Waals surface area contributed by atoms with E-state index in [0.717, 1.165) is 30.4 Å². The first-order chi connectivity index (χ1) is 23.5. The number of esters is 1. The molecule has 0 spiro atoms. The number of hydrogen-bond donors (Lipinski definition) is 3. The highest BCUT2D eigenvalue weighted by Gasteiger charge is 2.74. The summed E-state index contributed by atoms with van der Waals surface area (Å²) >= 11 is 0. The van der Waals surface area contributed by atoms with Crippen LogP contribution in [0.3, 0.4) is 0 Å². The van der Waals surface area contributed by atoms with E-state index in [2.05, 4.69) is 49.6 Å². The number of rotatable bonds is 9. The fourth-order valence-corrected chi connectivity index (χ4v) is 9.96. The molecule has 8 rings (SSSR count). The molecule has 266 valence electrons. The third-order valence-electron chi connectivity index (χ3n) is 12.7. The van der Waals surface area contributed by atoms with E-state index in [-0.39, 0.29) is 63.3 Å². The zero-order valence-electron chi connectivity index (χ0n) is 28.7. The van der Waals surface area contributed by atoms with Crippen LogP contribution in [0.2, 0.25) is 0 Å². The Morgan fingerprint density at radius 1 is 1.06 bits per heavy atom. The van der Waals surface area contributed by atoms with Gasteiger partial charge in [0.05, 0.1) is 24.9 Å². The summed E-state index contributed by atoms with van der Waals surface area (Å²) in [6.45, 7) is 7.39. The number of hydrogen-bond acceptors (Lipinski definition) is 10. The summed E-state index contributed by atoms with van der Waals surface area (Å²) in [5.41, 5.74) is 2.56. The smallest absolute Gasteiger partial charge is 0.327 e. The SMILES string of the molecule is CC1(C)CC2C(=Cc3ccccc3CN3OC4C5OCOC5C5CC4(C(=O)NCCC(=O)NCCO)C3C(=O)O5)CCC3OC3(C)CCC21. The number of ether oxygens (including phenoxy) is 4. The van der Waals surface area contributed by atoms with Crippen molar-refractivity contribution in [3.8, 4) is 0 Å². The number of nitrogens with one attached hydrogen (secondary N) is 2. The van der Waals surface area contributed by atoms with Gasteiger partial charge in [0.25, 0.3) is 0 Å². The molecular formula is C37H49N3O9. The van der Waals surface area contributed by atoms with Crippen LogP contribution in [0.25, 0.3) is 6.08 Å². The maximum atomic E-state index is 14.2. The molecule has 49 heavy (non-hydrogen) atoms. The minimum Gasteiger partial charge on any atom is -0.458 e. The number of benzene rings is 1. The summed E-state index contributed by atoms with van der Waals surface area (Å²) in [7, 11) is 0. The molecule has 4 heterocycles. The highest BCUT2D eigenvalue weighted by Crippen LogP contribution is 2.60. The van der Waals surface area contributed by atoms with Crippen molar-refractivity contribution >= 4 is 23.9 Å². The van der Waals surface area contributed by atoms with E-state index in [1.807, 2.05) is 12.1 Å². The molecule has 4 saturated heterocycles. The van der Waals surface area contributed by atoms with Gasteiger partial charge in [-0.2, -0.15) is 5.06 Å². The number of amides is 2. The molecule has 12 heteroatoms. The molecule has 10 atom stereocenters. The number of aliphatic hydroxyl groups excluding tert-OH is 1. The molecule has 3 saturated carbocycles. The Balaban J connectivity index is 1.07. The van der Waals surface area contributed by atoms with Gasteiger partial charge in [-0.15, -0.1) is 0 Å². The molecule has 4 aliphatic heterocycles. The molecule has 1 aromatic rings. The second-order valence-electron chi connectivity index (χ2n) is 16.0. The van der Waals surface area contributed by atoms with Crippen molar-refractivity contribution < 1.29 is 43.3 Å². The zero-order valence-corrected chi connectivity index (χ0v) is 28.7. The van der Waals surface area contributed by atoms with E-state index in [1.165, 1.54) is 18.4 Å². The molecule has 7 aliphatic rings. The Kier molecular flexibility index (Phi) is 8.43. The van der Waals surface area contributed by atoms with Crippen LogP contribution in [-0.4, -0.2) is 96.6 Å². The Bertz CT molecular complexity index is 1530. The normalized spacial score (nSPS) is 40.8. The van der Waals surface area contributed by atoms with Crippen LogP contribution in [0.1, 0.15) is 76.8 Å². The summed E-state index contributed by atoms with van der Waals surface area (Å²) in [6.07, 6.45) is 5.86. The van der Waals surface area contributed by atoms with Gasteiger partial charge in [0.15, 0.2) is 6.04 Å². The molecule has 2 bridgehead atoms. The van der Waals surface area contributed by atoms with Crippen molar-refractivity contribution in [2.45, 2.75) is 114 Å². The lowest BCUT2D eigenvalue weighted by atomic mass is 9.52. The Hall–Kier alpha value is -2.87. The minimum atomic E-state index is -1.29. The average Bonchev–Trinajstić information content (AvgIpc) is 3.37. The number of epoxide rings is 1. The second-order valence-corrected chi connectivity index (χ2v) is 16.0. The lowest BCUT2D eigenvalue weighted by molar-refractivity contribution is -0.201. The number of aliphatic hydroxyl groups is 1. The highest BCUT2D eigenvalue weighted by molar-refractivity contribution is 5.94. The molecule has 12 nitrogen and oxygen atoms in total. The van der Waals surface area contributed by atoms with Crippen LogP contribution in [0, 0.1) is 22.7 Å². The molecular weight excluding hydrogens is 630 g/mol. The van der Waals surface area contributed by atoms with Crippen LogP contribution in [0.5, 0.6) is 0 Å². The summed E-state index contributed by atoms with van der Waals surface area (Å²) in [5, 5.41) is 16.1. The van der Waals surface area contributed by atoms with Gasteiger partial charge in [-0.05, 0) is 67.4 Å². The monoisotopic (exact) mass is 679 g/mol. The van der Waals surface area contributed by atoms with E-state index in [9.17, 15) is 14.4 Å². The molecule has 3 N–H and O–H groups in total. The van der Waals surface area contributed by atoms with Gasteiger partial charge in [0.2, 0.25) is 11.8 Å². The van der Waals surface area contributed by atoms with Crippen LogP contribution in [-0.2, 0) is 44.7 Å². The maximum Gasteiger partial charge on any atom is 0.327 e. The Morgan fingerprint density at radius 3 is 2.69 bits per heavy atom. The van der Waals surface area contributed by atoms with Gasteiger partial charge in [0, 0.05) is 25.9 Å². The largest absolute Gasteiger partial charge is 0.458 e. The second kappa shape index (κ2) is 12.4. The van der Waals surface area contributed by atoms with Gasteiger partial charge in [-0.1, -0.05) is 49.8 Å². The number of hydroxylamine groups is 2. The van der Waals surface area contributed by atoms with E-state index in [1.54, 1.807) is 5.06 Å². The van der Waals surface area contributed by atoms with Gasteiger partial charge in [-0.25, -0.2) is 0 Å². The van der Waals surface area contributed by atoms with Crippen LogP contribution < -0.4 is 10.6 Å². The molecule has 1 aromatic carbocycles. The predicted octanol–water partition coefficient (Wildman–Crippen LogP) is 2.62. The standard InChI is InChI=1S/C37H49N3O9/c1-35(2)17-24-22(8-9-27-36(3,48-27)12-10-25(24)35)16-21-6-4-5-7-23(21)19-40-31-33(43)47-26-18-37(31,32(49-40)30-29(26)45-20-46-30)34(44)39-13-11-28(42)38-14-15-41/h4-7,16,24-27,29-32,41H,8-15,17-20H2,1-3H3,(H,38,42)(H,39,44). The van der Waals surface area contributed by atoms with E-state index in [0.29, 0.717) is 23.4 Å². The minimum absolute atomic E-state index is 0.0166. The molecule has 0 radical (unpaired) electrons. The molecule has 7 fully saturated rings. The van der Waals surface area contributed by atoms with Crippen molar-refractivity contribution in [2.24, 2.45) is 22.7 Å². The van der Waals surface area contributed by atoms with Crippen LogP contribution in [0.15, 0.2) is 29.8 Å². The lowest BCUT2D eigenvalue weighted by Gasteiger charge is -2.53. The van der Waals surface area contributed by atoms with Gasteiger partial charge in [-0.3, -0.25) is 19.2 Å². The first-order valence-electron chi connectivity index (χ1n) is 18.0. The summed E-state index contributed by atoms with van der Waals surface area (Å²) < 4.78 is 24.0. The number of nitrogens with zero attached hydrogens (tertiary/aromatic N) is 1. The summed E-state index contributed by atoms with van der Waals surface area (Å²) in [6, 6.07) is 7.21. The first-order valence-corrected chi connectivity index (χ1v) is 18.0. The highest BCUT2D eigenvalue weighted by atomic mass is 16.8. The number of carbonyl (C=O) groups excluding carboxylic acids is 3. The third kappa shape index (κ3) is 5.63. The van der Waals surface area contributed by atoms with Gasteiger partial charge >= 0.3 is 5.97 Å². The first kappa shape index (κ1) is 33.3. The van der Waals surface area contributed by atoms with Crippen LogP contribution in [0.4, 0.5) is 0 Å². The molecule has 2 amide bonds. The lowest BCUT2D eigenvalue weighted by Crippen LogP contribution is -2.69. The number of carbonyl (C=O) groups is 3. The third-order valence-corrected chi connectivity index (χ3v) is 12.7. The fourth-order valence-electron chi connectivity index (χ4n) is 9.96. The summed E-state index contributed by atoms with van der Waals surface area (Å²) in [5.74, 6) is -0.0334. The number of fused-ring (bicyclic) bond motifs is 6. The van der Waals surface area contributed by atoms with Crippen LogP contribution >= 0.6 is 0 Å². The quantitative estimate of drug-likeness (QED) is 0.263. The fraction of sp³-hybridized carbons (Fsp3) is 0.703. The zero-order chi connectivity index (χ0) is 34.1.